The van der Waals surface area contributed by atoms with Crippen molar-refractivity contribution in [2.75, 3.05) is 0 Å². The van der Waals surface area contributed by atoms with Crippen molar-refractivity contribution in [3.63, 3.8) is 0 Å². The maximum atomic E-state index is 11.3. The second-order valence-electron chi connectivity index (χ2n) is 7.59. The molecule has 0 amide bonds. The van der Waals surface area contributed by atoms with Crippen LogP contribution in [0.4, 0.5) is 0 Å². The first-order valence-electron chi connectivity index (χ1n) is 7.05. The molecule has 16 heavy (non-hydrogen) atoms. The third-order valence-electron chi connectivity index (χ3n) is 7.05. The van der Waals surface area contributed by atoms with Gasteiger partial charge in [0.25, 0.3) is 0 Å². The Labute approximate surface area is 99.6 Å². The minimum Gasteiger partial charge on any atom is -0.389 e. The lowest BCUT2D eigenvalue weighted by Crippen LogP contribution is -2.71. The van der Waals surface area contributed by atoms with Gasteiger partial charge in [-0.2, -0.15) is 0 Å². The van der Waals surface area contributed by atoms with E-state index in [1.54, 1.807) is 0 Å². The van der Waals surface area contributed by atoms with E-state index in [2.05, 4.69) is 27.7 Å². The van der Waals surface area contributed by atoms with Crippen molar-refractivity contribution in [2.45, 2.75) is 65.4 Å². The largest absolute Gasteiger partial charge is 0.389 e. The van der Waals surface area contributed by atoms with Gasteiger partial charge in [0.1, 0.15) is 0 Å². The standard InChI is InChI=1S/C15H26O/c1-10-5-8-15(16)13(2,3)11-6-7-14(15,4)12(10)9-11/h10-12,16H,5-9H2,1-4H3/t10-,11?,12?,14+,15+/m0/s1. The minimum absolute atomic E-state index is 0.136. The highest BCUT2D eigenvalue weighted by atomic mass is 16.3. The summed E-state index contributed by atoms with van der Waals surface area (Å²) in [5.74, 6) is 2.36. The summed E-state index contributed by atoms with van der Waals surface area (Å²) in [6.07, 6.45) is 6.23. The van der Waals surface area contributed by atoms with Crippen LogP contribution in [-0.2, 0) is 0 Å². The van der Waals surface area contributed by atoms with E-state index in [-0.39, 0.29) is 10.8 Å². The van der Waals surface area contributed by atoms with E-state index in [0.717, 1.165) is 24.2 Å². The normalized spacial score (nSPS) is 58.7. The molecule has 92 valence electrons. The zero-order valence-corrected chi connectivity index (χ0v) is 11.2. The summed E-state index contributed by atoms with van der Waals surface area (Å²) in [6.45, 7) is 9.43. The van der Waals surface area contributed by atoms with Gasteiger partial charge in [0, 0.05) is 0 Å². The molecule has 4 rings (SSSR count). The van der Waals surface area contributed by atoms with E-state index in [9.17, 15) is 5.11 Å². The number of fused-ring (bicyclic) bond motifs is 1. The Hall–Kier alpha value is -0.0400. The lowest BCUT2D eigenvalue weighted by Gasteiger charge is -2.71. The molecule has 2 unspecified atom stereocenters. The van der Waals surface area contributed by atoms with Gasteiger partial charge in [-0.05, 0) is 60.7 Å². The molecule has 4 aliphatic carbocycles. The average Bonchev–Trinajstić information content (AvgIpc) is 2.22. The van der Waals surface area contributed by atoms with Gasteiger partial charge < -0.3 is 5.11 Å². The number of rotatable bonds is 0. The molecule has 0 aromatic carbocycles. The maximum absolute atomic E-state index is 11.3. The van der Waals surface area contributed by atoms with Crippen molar-refractivity contribution in [1.82, 2.24) is 0 Å². The van der Waals surface area contributed by atoms with E-state index >= 15 is 0 Å². The smallest absolute Gasteiger partial charge is 0.0757 e. The third kappa shape index (κ3) is 0.939. The summed E-state index contributed by atoms with van der Waals surface area (Å²) < 4.78 is 0. The minimum atomic E-state index is -0.391. The Morgan fingerprint density at radius 3 is 2.44 bits per heavy atom. The predicted octanol–water partition coefficient (Wildman–Crippen LogP) is 3.61. The Kier molecular flexibility index (Phi) is 1.98. The van der Waals surface area contributed by atoms with Gasteiger partial charge in [0.05, 0.1) is 5.60 Å². The van der Waals surface area contributed by atoms with E-state index in [1.807, 2.05) is 0 Å². The summed E-state index contributed by atoms with van der Waals surface area (Å²) in [6, 6.07) is 0. The number of hydrogen-bond acceptors (Lipinski definition) is 1. The van der Waals surface area contributed by atoms with Gasteiger partial charge in [-0.15, -0.1) is 0 Å². The Morgan fingerprint density at radius 2 is 1.75 bits per heavy atom. The average molecular weight is 222 g/mol. The van der Waals surface area contributed by atoms with Crippen LogP contribution in [0.2, 0.25) is 0 Å². The highest BCUT2D eigenvalue weighted by molar-refractivity contribution is 5.19. The van der Waals surface area contributed by atoms with Gasteiger partial charge in [0.2, 0.25) is 0 Å². The zero-order chi connectivity index (χ0) is 11.8. The van der Waals surface area contributed by atoms with E-state index in [4.69, 9.17) is 0 Å². The van der Waals surface area contributed by atoms with Crippen LogP contribution in [-0.4, -0.2) is 10.7 Å². The van der Waals surface area contributed by atoms with E-state index in [1.165, 1.54) is 25.7 Å². The Morgan fingerprint density at radius 1 is 1.06 bits per heavy atom. The monoisotopic (exact) mass is 222 g/mol. The molecule has 0 aliphatic heterocycles. The predicted molar refractivity (Wildman–Crippen MR) is 66.1 cm³/mol. The molecule has 0 heterocycles. The van der Waals surface area contributed by atoms with Crippen molar-refractivity contribution in [1.29, 1.82) is 0 Å². The topological polar surface area (TPSA) is 20.2 Å². The van der Waals surface area contributed by atoms with E-state index < -0.39 is 5.60 Å². The van der Waals surface area contributed by atoms with Crippen LogP contribution in [0, 0.1) is 28.6 Å². The van der Waals surface area contributed by atoms with Crippen LogP contribution in [0.1, 0.15) is 59.8 Å². The van der Waals surface area contributed by atoms with E-state index in [0.29, 0.717) is 0 Å². The second-order valence-corrected chi connectivity index (χ2v) is 7.59. The highest BCUT2D eigenvalue weighted by Crippen LogP contribution is 2.71. The van der Waals surface area contributed by atoms with Crippen LogP contribution in [0.15, 0.2) is 0 Å². The number of aliphatic hydroxyl groups is 1. The van der Waals surface area contributed by atoms with Crippen LogP contribution in [0.3, 0.4) is 0 Å². The summed E-state index contributed by atoms with van der Waals surface area (Å²) in [4.78, 5) is 0. The molecule has 1 heteroatoms. The van der Waals surface area contributed by atoms with Crippen molar-refractivity contribution in [3.8, 4) is 0 Å². The SMILES string of the molecule is C[C@H]1CC[C@@]2(O)C(C)(C)C3CC[C@]2(C)C1C3. The van der Waals surface area contributed by atoms with Gasteiger partial charge in [-0.1, -0.05) is 27.7 Å². The highest BCUT2D eigenvalue weighted by Gasteiger charge is 2.69. The third-order valence-corrected chi connectivity index (χ3v) is 7.05. The van der Waals surface area contributed by atoms with Gasteiger partial charge in [0.15, 0.2) is 0 Å². The van der Waals surface area contributed by atoms with Gasteiger partial charge in [-0.3, -0.25) is 0 Å². The second kappa shape index (κ2) is 2.85. The first kappa shape index (κ1) is 11.1. The molecule has 0 spiro atoms. The molecule has 0 radical (unpaired) electrons. The Bertz CT molecular complexity index is 321. The van der Waals surface area contributed by atoms with Crippen molar-refractivity contribution in [2.24, 2.45) is 28.6 Å². The molecule has 0 aromatic rings. The summed E-state index contributed by atoms with van der Waals surface area (Å²) in [5, 5.41) is 11.3. The van der Waals surface area contributed by atoms with Crippen LogP contribution in [0.5, 0.6) is 0 Å². The van der Waals surface area contributed by atoms with Crippen molar-refractivity contribution >= 4 is 0 Å². The molecule has 4 saturated carbocycles. The fourth-order valence-electron chi connectivity index (χ4n) is 5.69. The van der Waals surface area contributed by atoms with Crippen molar-refractivity contribution < 1.29 is 5.11 Å². The maximum Gasteiger partial charge on any atom is 0.0757 e. The van der Waals surface area contributed by atoms with Crippen molar-refractivity contribution in [3.05, 3.63) is 0 Å². The zero-order valence-electron chi connectivity index (χ0n) is 11.2. The summed E-state index contributed by atoms with van der Waals surface area (Å²) in [5.41, 5.74) is -0.0576. The quantitative estimate of drug-likeness (QED) is 0.664. The van der Waals surface area contributed by atoms with Crippen LogP contribution in [0.25, 0.3) is 0 Å². The molecule has 4 bridgehead atoms. The van der Waals surface area contributed by atoms with Crippen LogP contribution >= 0.6 is 0 Å². The van der Waals surface area contributed by atoms with Crippen LogP contribution < -0.4 is 0 Å². The first-order chi connectivity index (χ1) is 7.33. The lowest BCUT2D eigenvalue weighted by molar-refractivity contribution is -0.291. The molecule has 0 saturated heterocycles. The molecule has 4 aliphatic rings. The fourth-order valence-corrected chi connectivity index (χ4v) is 5.69. The molecule has 4 fully saturated rings. The van der Waals surface area contributed by atoms with Gasteiger partial charge >= 0.3 is 0 Å². The van der Waals surface area contributed by atoms with Gasteiger partial charge in [-0.25, -0.2) is 0 Å². The molecular formula is C15H26O. The summed E-state index contributed by atoms with van der Waals surface area (Å²) in [7, 11) is 0. The lowest BCUT2D eigenvalue weighted by atomic mass is 9.35. The molecule has 1 N–H and O–H groups in total. The summed E-state index contributed by atoms with van der Waals surface area (Å²) >= 11 is 0. The molecule has 1 nitrogen and oxygen atoms in total. The molecule has 0 aromatic heterocycles. The number of hydrogen-bond donors (Lipinski definition) is 1. The first-order valence-corrected chi connectivity index (χ1v) is 7.05. The fraction of sp³-hybridized carbons (Fsp3) is 1.00. The Balaban J connectivity index is 2.13. The molecular weight excluding hydrogens is 196 g/mol. The molecule has 5 atom stereocenters.